The molecule has 1 aliphatic heterocycles. The first-order valence-corrected chi connectivity index (χ1v) is 7.89. The van der Waals surface area contributed by atoms with E-state index in [-0.39, 0.29) is 11.7 Å². The molecule has 0 radical (unpaired) electrons. The lowest BCUT2D eigenvalue weighted by Crippen LogP contribution is -2.36. The minimum absolute atomic E-state index is 0.294. The van der Waals surface area contributed by atoms with Crippen molar-refractivity contribution in [3.8, 4) is 0 Å². The van der Waals surface area contributed by atoms with Gasteiger partial charge in [0.2, 0.25) is 5.91 Å². The van der Waals surface area contributed by atoms with Crippen LogP contribution in [-0.2, 0) is 9.53 Å². The smallest absolute Gasteiger partial charge is 0.248 e. The third-order valence-corrected chi connectivity index (χ3v) is 3.83. The van der Waals surface area contributed by atoms with Gasteiger partial charge in [0.25, 0.3) is 0 Å². The number of nitrogens with zero attached hydrogens (tertiary/aromatic N) is 1. The van der Waals surface area contributed by atoms with E-state index in [1.165, 1.54) is 18.2 Å². The molecule has 1 fully saturated rings. The molecule has 4 nitrogen and oxygen atoms in total. The maximum Gasteiger partial charge on any atom is 0.248 e. The Morgan fingerprint density at radius 2 is 1.79 bits per heavy atom. The van der Waals surface area contributed by atoms with Crippen molar-refractivity contribution < 1.29 is 13.9 Å². The molecule has 0 bridgehead atoms. The number of nitrogens with one attached hydrogen (secondary N) is 1. The highest BCUT2D eigenvalue weighted by Crippen LogP contribution is 2.19. The lowest BCUT2D eigenvalue weighted by Gasteiger charge is -2.28. The minimum atomic E-state index is -0.351. The maximum absolute atomic E-state index is 13.5. The van der Waals surface area contributed by atoms with Gasteiger partial charge >= 0.3 is 0 Å². The Morgan fingerprint density at radius 1 is 1.08 bits per heavy atom. The highest BCUT2D eigenvalue weighted by Gasteiger charge is 2.10. The van der Waals surface area contributed by atoms with Crippen LogP contribution in [0.4, 0.5) is 15.8 Å². The van der Waals surface area contributed by atoms with Gasteiger partial charge in [-0.15, -0.1) is 0 Å². The van der Waals surface area contributed by atoms with Gasteiger partial charge in [0.15, 0.2) is 0 Å². The molecule has 0 spiro atoms. The van der Waals surface area contributed by atoms with Crippen LogP contribution in [0.1, 0.15) is 5.56 Å². The van der Waals surface area contributed by atoms with Crippen LogP contribution in [-0.4, -0.2) is 32.2 Å². The molecule has 24 heavy (non-hydrogen) atoms. The first kappa shape index (κ1) is 16.2. The van der Waals surface area contributed by atoms with Crippen LogP contribution in [0.15, 0.2) is 54.6 Å². The van der Waals surface area contributed by atoms with Crippen molar-refractivity contribution in [1.29, 1.82) is 0 Å². The molecule has 1 N–H and O–H groups in total. The number of hydrogen-bond donors (Lipinski definition) is 1. The summed E-state index contributed by atoms with van der Waals surface area (Å²) in [5, 5.41) is 2.77. The molecule has 5 heteroatoms. The van der Waals surface area contributed by atoms with Gasteiger partial charge in [-0.2, -0.15) is 0 Å². The summed E-state index contributed by atoms with van der Waals surface area (Å²) in [4.78, 5) is 14.2. The summed E-state index contributed by atoms with van der Waals surface area (Å²) in [5.74, 6) is -0.645. The number of rotatable bonds is 4. The van der Waals surface area contributed by atoms with Gasteiger partial charge in [-0.25, -0.2) is 4.39 Å². The number of morpholine rings is 1. The van der Waals surface area contributed by atoms with E-state index in [0.717, 1.165) is 32.0 Å². The number of anilines is 2. The fourth-order valence-corrected chi connectivity index (χ4v) is 2.54. The molecule has 1 amide bonds. The molecular weight excluding hydrogens is 307 g/mol. The number of carbonyl (C=O) groups is 1. The average Bonchev–Trinajstić information content (AvgIpc) is 2.62. The SMILES string of the molecule is O=C(/C=C/c1ccccc1F)Nc1ccc(N2CCOCC2)cc1. The summed E-state index contributed by atoms with van der Waals surface area (Å²) in [6.07, 6.45) is 2.79. The highest BCUT2D eigenvalue weighted by atomic mass is 19.1. The Kier molecular flexibility index (Phi) is 5.23. The first-order chi connectivity index (χ1) is 11.7. The van der Waals surface area contributed by atoms with Crippen LogP contribution in [0, 0.1) is 5.82 Å². The summed E-state index contributed by atoms with van der Waals surface area (Å²) >= 11 is 0. The van der Waals surface area contributed by atoms with E-state index in [2.05, 4.69) is 10.2 Å². The third-order valence-electron chi connectivity index (χ3n) is 3.83. The van der Waals surface area contributed by atoms with Gasteiger partial charge in [0.05, 0.1) is 13.2 Å². The van der Waals surface area contributed by atoms with Crippen molar-refractivity contribution in [2.75, 3.05) is 36.5 Å². The van der Waals surface area contributed by atoms with Crippen molar-refractivity contribution in [2.24, 2.45) is 0 Å². The molecule has 2 aromatic carbocycles. The van der Waals surface area contributed by atoms with Crippen LogP contribution < -0.4 is 10.2 Å². The second-order valence-corrected chi connectivity index (χ2v) is 5.49. The molecule has 0 saturated carbocycles. The number of benzene rings is 2. The Hall–Kier alpha value is -2.66. The van der Waals surface area contributed by atoms with Crippen LogP contribution >= 0.6 is 0 Å². The molecule has 3 rings (SSSR count). The molecule has 0 aromatic heterocycles. The molecule has 2 aromatic rings. The van der Waals surface area contributed by atoms with E-state index in [9.17, 15) is 9.18 Å². The van der Waals surface area contributed by atoms with Gasteiger partial charge in [-0.1, -0.05) is 18.2 Å². The quantitative estimate of drug-likeness (QED) is 0.877. The van der Waals surface area contributed by atoms with E-state index < -0.39 is 0 Å². The molecule has 0 unspecified atom stereocenters. The zero-order valence-electron chi connectivity index (χ0n) is 13.2. The maximum atomic E-state index is 13.5. The fourth-order valence-electron chi connectivity index (χ4n) is 2.54. The normalized spacial score (nSPS) is 14.8. The topological polar surface area (TPSA) is 41.6 Å². The molecule has 0 atom stereocenters. The largest absolute Gasteiger partial charge is 0.378 e. The van der Waals surface area contributed by atoms with E-state index in [1.54, 1.807) is 18.2 Å². The average molecular weight is 326 g/mol. The Morgan fingerprint density at radius 3 is 2.50 bits per heavy atom. The lowest BCUT2D eigenvalue weighted by atomic mass is 10.2. The zero-order chi connectivity index (χ0) is 16.8. The van der Waals surface area contributed by atoms with Gasteiger partial charge in [0, 0.05) is 36.1 Å². The molecule has 1 aliphatic rings. The predicted molar refractivity (Wildman–Crippen MR) is 93.5 cm³/mol. The van der Waals surface area contributed by atoms with Crippen molar-refractivity contribution in [2.45, 2.75) is 0 Å². The van der Waals surface area contributed by atoms with Gasteiger partial charge in [0.1, 0.15) is 5.82 Å². The first-order valence-electron chi connectivity index (χ1n) is 7.89. The Balaban J connectivity index is 1.59. The molecular formula is C19H19FN2O2. The van der Waals surface area contributed by atoms with Gasteiger partial charge in [-0.05, 0) is 36.4 Å². The number of carbonyl (C=O) groups excluding carboxylic acids is 1. The van der Waals surface area contributed by atoms with Gasteiger partial charge in [-0.3, -0.25) is 4.79 Å². The fraction of sp³-hybridized carbons (Fsp3) is 0.211. The number of ether oxygens (including phenoxy) is 1. The van der Waals surface area contributed by atoms with Gasteiger partial charge < -0.3 is 15.0 Å². The number of halogens is 1. The minimum Gasteiger partial charge on any atom is -0.378 e. The van der Waals surface area contributed by atoms with Crippen molar-refractivity contribution in [3.05, 3.63) is 66.0 Å². The Labute approximate surface area is 140 Å². The monoisotopic (exact) mass is 326 g/mol. The highest BCUT2D eigenvalue weighted by molar-refractivity contribution is 6.02. The van der Waals surface area contributed by atoms with Crippen LogP contribution in [0.25, 0.3) is 6.08 Å². The van der Waals surface area contributed by atoms with E-state index in [4.69, 9.17) is 4.74 Å². The van der Waals surface area contributed by atoms with Crippen LogP contribution in [0.2, 0.25) is 0 Å². The second kappa shape index (κ2) is 7.75. The molecule has 1 saturated heterocycles. The lowest BCUT2D eigenvalue weighted by molar-refractivity contribution is -0.111. The van der Waals surface area contributed by atoms with E-state index in [0.29, 0.717) is 11.3 Å². The molecule has 0 aliphatic carbocycles. The predicted octanol–water partition coefficient (Wildman–Crippen LogP) is 3.31. The van der Waals surface area contributed by atoms with Crippen molar-refractivity contribution in [3.63, 3.8) is 0 Å². The summed E-state index contributed by atoms with van der Waals surface area (Å²) < 4.78 is 18.8. The summed E-state index contributed by atoms with van der Waals surface area (Å²) in [6.45, 7) is 3.22. The van der Waals surface area contributed by atoms with Crippen molar-refractivity contribution in [1.82, 2.24) is 0 Å². The number of hydrogen-bond acceptors (Lipinski definition) is 3. The van der Waals surface area contributed by atoms with Crippen molar-refractivity contribution >= 4 is 23.4 Å². The molecule has 124 valence electrons. The third kappa shape index (κ3) is 4.20. The van der Waals surface area contributed by atoms with E-state index in [1.807, 2.05) is 24.3 Å². The zero-order valence-corrected chi connectivity index (χ0v) is 13.2. The summed E-state index contributed by atoms with van der Waals surface area (Å²) in [7, 11) is 0. The summed E-state index contributed by atoms with van der Waals surface area (Å²) in [6, 6.07) is 14.0. The Bertz CT molecular complexity index is 722. The van der Waals surface area contributed by atoms with E-state index >= 15 is 0 Å². The van der Waals surface area contributed by atoms with Crippen LogP contribution in [0.3, 0.4) is 0 Å². The molecule has 1 heterocycles. The number of amides is 1. The van der Waals surface area contributed by atoms with Crippen LogP contribution in [0.5, 0.6) is 0 Å². The second-order valence-electron chi connectivity index (χ2n) is 5.49. The summed E-state index contributed by atoms with van der Waals surface area (Å²) in [5.41, 5.74) is 2.20. The standard InChI is InChI=1S/C19H19FN2O2/c20-18-4-2-1-3-15(18)5-10-19(23)21-16-6-8-17(9-7-16)22-11-13-24-14-12-22/h1-10H,11-14H2,(H,21,23)/b10-5+.